The van der Waals surface area contributed by atoms with Crippen molar-refractivity contribution in [2.45, 2.75) is 6.42 Å². The summed E-state index contributed by atoms with van der Waals surface area (Å²) in [6.45, 7) is 1.02. The van der Waals surface area contributed by atoms with Gasteiger partial charge < -0.3 is 15.6 Å². The van der Waals surface area contributed by atoms with Gasteiger partial charge in [-0.25, -0.2) is 0 Å². The minimum atomic E-state index is 0.804. The van der Waals surface area contributed by atoms with Crippen molar-refractivity contribution < 1.29 is 0 Å². The molecule has 0 amide bonds. The van der Waals surface area contributed by atoms with E-state index in [9.17, 15) is 0 Å². The van der Waals surface area contributed by atoms with E-state index < -0.39 is 0 Å². The highest BCUT2D eigenvalue weighted by Crippen LogP contribution is 2.24. The predicted molar refractivity (Wildman–Crippen MR) is 65.0 cm³/mol. The molecule has 0 spiro atoms. The van der Waals surface area contributed by atoms with E-state index in [0.29, 0.717) is 0 Å². The fourth-order valence-corrected chi connectivity index (χ4v) is 1.83. The van der Waals surface area contributed by atoms with Crippen LogP contribution in [0.3, 0.4) is 0 Å². The van der Waals surface area contributed by atoms with E-state index in [0.717, 1.165) is 24.3 Å². The molecule has 80 valence electrons. The largest absolute Gasteiger partial charge is 0.385 e. The molecule has 0 saturated carbocycles. The summed E-state index contributed by atoms with van der Waals surface area (Å²) in [5.74, 6) is 0.804. The molecule has 0 bridgehead atoms. The van der Waals surface area contributed by atoms with Gasteiger partial charge in [-0.3, -0.25) is 0 Å². The lowest BCUT2D eigenvalue weighted by Gasteiger charge is -2.08. The number of aromatic amines is 1. The van der Waals surface area contributed by atoms with Crippen LogP contribution in [0.15, 0.2) is 24.3 Å². The average Bonchev–Trinajstić information content (AvgIpc) is 2.50. The number of H-pyrrole nitrogens is 1. The van der Waals surface area contributed by atoms with Crippen LogP contribution in [0.2, 0.25) is 0 Å². The summed E-state index contributed by atoms with van der Waals surface area (Å²) in [4.78, 5) is 5.38. The normalized spacial score (nSPS) is 11.4. The van der Waals surface area contributed by atoms with Crippen molar-refractivity contribution in [2.24, 2.45) is 0 Å². The molecule has 2 aromatic rings. The Kier molecular flexibility index (Phi) is 2.64. The second-order valence-corrected chi connectivity index (χ2v) is 4.12. The average molecular weight is 203 g/mol. The van der Waals surface area contributed by atoms with Gasteiger partial charge in [-0.05, 0) is 26.6 Å². The second kappa shape index (κ2) is 3.95. The lowest BCUT2D eigenvalue weighted by Crippen LogP contribution is -2.15. The van der Waals surface area contributed by atoms with Gasteiger partial charge in [-0.1, -0.05) is 18.2 Å². The van der Waals surface area contributed by atoms with Crippen LogP contribution in [0.1, 0.15) is 5.56 Å². The quantitative estimate of drug-likeness (QED) is 0.799. The fourth-order valence-electron chi connectivity index (χ4n) is 1.83. The van der Waals surface area contributed by atoms with E-state index in [4.69, 9.17) is 5.73 Å². The third kappa shape index (κ3) is 1.97. The Morgan fingerprint density at radius 3 is 2.73 bits per heavy atom. The summed E-state index contributed by atoms with van der Waals surface area (Å²) in [6, 6.07) is 8.25. The minimum Gasteiger partial charge on any atom is -0.385 e. The van der Waals surface area contributed by atoms with Crippen LogP contribution >= 0.6 is 0 Å². The summed E-state index contributed by atoms with van der Waals surface area (Å²) in [5.41, 5.74) is 8.33. The van der Waals surface area contributed by atoms with Gasteiger partial charge in [0.1, 0.15) is 5.82 Å². The monoisotopic (exact) mass is 203 g/mol. The molecule has 0 aliphatic carbocycles. The maximum absolute atomic E-state index is 5.97. The number of para-hydroxylation sites is 1. The molecule has 3 N–H and O–H groups in total. The molecule has 0 unspecified atom stereocenters. The number of rotatable bonds is 3. The van der Waals surface area contributed by atoms with Crippen molar-refractivity contribution in [3.05, 3.63) is 29.8 Å². The van der Waals surface area contributed by atoms with Crippen LogP contribution < -0.4 is 5.73 Å². The zero-order valence-electron chi connectivity index (χ0n) is 9.25. The van der Waals surface area contributed by atoms with Crippen molar-refractivity contribution in [1.29, 1.82) is 0 Å². The number of benzene rings is 1. The van der Waals surface area contributed by atoms with Crippen molar-refractivity contribution >= 4 is 16.7 Å². The minimum absolute atomic E-state index is 0.804. The predicted octanol–water partition coefficient (Wildman–Crippen LogP) is 1.85. The molecule has 1 aromatic carbocycles. The van der Waals surface area contributed by atoms with E-state index in [1.54, 1.807) is 0 Å². The number of nitrogen functional groups attached to an aromatic ring is 1. The van der Waals surface area contributed by atoms with Crippen molar-refractivity contribution in [3.63, 3.8) is 0 Å². The molecule has 0 aliphatic heterocycles. The molecule has 2 rings (SSSR count). The zero-order valence-corrected chi connectivity index (χ0v) is 9.25. The molecule has 0 aliphatic rings. The lowest BCUT2D eigenvalue weighted by atomic mass is 10.1. The number of nitrogens with zero attached hydrogens (tertiary/aromatic N) is 1. The van der Waals surface area contributed by atoms with Gasteiger partial charge in [-0.2, -0.15) is 0 Å². The Morgan fingerprint density at radius 2 is 2.00 bits per heavy atom. The van der Waals surface area contributed by atoms with E-state index in [2.05, 4.69) is 42.2 Å². The number of nitrogens with one attached hydrogen (secondary N) is 1. The first-order valence-corrected chi connectivity index (χ1v) is 5.18. The van der Waals surface area contributed by atoms with E-state index in [1.807, 2.05) is 6.07 Å². The Bertz CT molecular complexity index is 457. The van der Waals surface area contributed by atoms with E-state index in [1.165, 1.54) is 10.9 Å². The summed E-state index contributed by atoms with van der Waals surface area (Å²) >= 11 is 0. The maximum atomic E-state index is 5.97. The molecular weight excluding hydrogens is 186 g/mol. The Morgan fingerprint density at radius 1 is 1.27 bits per heavy atom. The molecular formula is C12H17N3. The highest BCUT2D eigenvalue weighted by atomic mass is 15.0. The van der Waals surface area contributed by atoms with Gasteiger partial charge in [-0.15, -0.1) is 0 Å². The van der Waals surface area contributed by atoms with Crippen molar-refractivity contribution in [1.82, 2.24) is 9.88 Å². The van der Waals surface area contributed by atoms with E-state index in [-0.39, 0.29) is 0 Å². The smallest absolute Gasteiger partial charge is 0.104 e. The zero-order chi connectivity index (χ0) is 10.8. The van der Waals surface area contributed by atoms with Gasteiger partial charge in [0.05, 0.1) is 0 Å². The first kappa shape index (κ1) is 10.1. The summed E-state index contributed by atoms with van der Waals surface area (Å²) in [7, 11) is 4.15. The van der Waals surface area contributed by atoms with Gasteiger partial charge in [0.2, 0.25) is 0 Å². The van der Waals surface area contributed by atoms with Gasteiger partial charge in [0, 0.05) is 23.0 Å². The molecule has 0 atom stereocenters. The molecule has 1 aromatic heterocycles. The number of anilines is 1. The number of aromatic nitrogens is 1. The summed E-state index contributed by atoms with van der Waals surface area (Å²) in [5, 5.41) is 1.25. The Labute approximate surface area is 89.9 Å². The first-order chi connectivity index (χ1) is 7.18. The Hall–Kier alpha value is -1.48. The molecule has 3 nitrogen and oxygen atoms in total. The standard InChI is InChI=1S/C12H17N3/c1-15(2)8-7-10-9-5-3-4-6-11(9)14-12(10)13/h3-6,14H,7-8,13H2,1-2H3. The Balaban J connectivity index is 2.36. The van der Waals surface area contributed by atoms with Crippen LogP contribution in [0, 0.1) is 0 Å². The third-order valence-corrected chi connectivity index (χ3v) is 2.66. The van der Waals surface area contributed by atoms with Gasteiger partial charge in [0.15, 0.2) is 0 Å². The third-order valence-electron chi connectivity index (χ3n) is 2.66. The molecule has 0 fully saturated rings. The molecule has 0 radical (unpaired) electrons. The van der Waals surface area contributed by atoms with Crippen molar-refractivity contribution in [3.8, 4) is 0 Å². The highest BCUT2D eigenvalue weighted by molar-refractivity contribution is 5.88. The second-order valence-electron chi connectivity index (χ2n) is 4.12. The SMILES string of the molecule is CN(C)CCc1c(N)[nH]c2ccccc12. The number of hydrogen-bond acceptors (Lipinski definition) is 2. The molecule has 3 heteroatoms. The topological polar surface area (TPSA) is 45.0 Å². The summed E-state index contributed by atoms with van der Waals surface area (Å²) in [6.07, 6.45) is 0.989. The maximum Gasteiger partial charge on any atom is 0.104 e. The van der Waals surface area contributed by atoms with Crippen molar-refractivity contribution in [2.75, 3.05) is 26.4 Å². The summed E-state index contributed by atoms with van der Waals surface area (Å²) < 4.78 is 0. The number of fused-ring (bicyclic) bond motifs is 1. The lowest BCUT2D eigenvalue weighted by molar-refractivity contribution is 0.414. The number of nitrogens with two attached hydrogens (primary N) is 1. The van der Waals surface area contributed by atoms with Crippen LogP contribution in [-0.2, 0) is 6.42 Å². The fraction of sp³-hybridized carbons (Fsp3) is 0.333. The van der Waals surface area contributed by atoms with Crippen LogP contribution in [0.25, 0.3) is 10.9 Å². The number of likely N-dealkylation sites (N-methyl/N-ethyl adjacent to an activating group) is 1. The molecule has 15 heavy (non-hydrogen) atoms. The van der Waals surface area contributed by atoms with Crippen LogP contribution in [-0.4, -0.2) is 30.5 Å². The van der Waals surface area contributed by atoms with E-state index >= 15 is 0 Å². The first-order valence-electron chi connectivity index (χ1n) is 5.18. The van der Waals surface area contributed by atoms with Gasteiger partial charge in [0.25, 0.3) is 0 Å². The van der Waals surface area contributed by atoms with Crippen LogP contribution in [0.4, 0.5) is 5.82 Å². The highest BCUT2D eigenvalue weighted by Gasteiger charge is 2.08. The number of hydrogen-bond donors (Lipinski definition) is 2. The van der Waals surface area contributed by atoms with Crippen LogP contribution in [0.5, 0.6) is 0 Å². The molecule has 0 saturated heterocycles. The molecule has 1 heterocycles. The van der Waals surface area contributed by atoms with Gasteiger partial charge >= 0.3 is 0 Å².